The maximum atomic E-state index is 12.6. The quantitative estimate of drug-likeness (QED) is 0.585. The fourth-order valence-electron chi connectivity index (χ4n) is 2.93. The molecule has 0 atom stereocenters. The lowest BCUT2D eigenvalue weighted by Gasteiger charge is -2.08. The first-order valence-corrected chi connectivity index (χ1v) is 8.74. The summed E-state index contributed by atoms with van der Waals surface area (Å²) in [4.78, 5) is 31.5. The van der Waals surface area contributed by atoms with Gasteiger partial charge in [0.05, 0.1) is 17.7 Å². The van der Waals surface area contributed by atoms with Gasteiger partial charge in [0.15, 0.2) is 5.70 Å². The van der Waals surface area contributed by atoms with Crippen molar-refractivity contribution in [1.29, 1.82) is 0 Å². The van der Waals surface area contributed by atoms with E-state index in [4.69, 9.17) is 9.47 Å². The topological polar surface area (TPSA) is 90.0 Å². The molecule has 0 fully saturated rings. The van der Waals surface area contributed by atoms with Gasteiger partial charge in [0.25, 0.3) is 0 Å². The number of carbonyl (C=O) groups excluding carboxylic acids is 2. The summed E-state index contributed by atoms with van der Waals surface area (Å²) in [7, 11) is 0. The van der Waals surface area contributed by atoms with Gasteiger partial charge < -0.3 is 19.2 Å². The Labute approximate surface area is 165 Å². The van der Waals surface area contributed by atoms with Crippen LogP contribution in [-0.2, 0) is 14.3 Å². The predicted molar refractivity (Wildman–Crippen MR) is 99.9 cm³/mol. The van der Waals surface area contributed by atoms with Crippen molar-refractivity contribution in [3.8, 4) is 5.75 Å². The average Bonchev–Trinajstić information content (AvgIpc) is 3.15. The van der Waals surface area contributed by atoms with Gasteiger partial charge in [-0.05, 0) is 44.5 Å². The zero-order chi connectivity index (χ0) is 21.1. The molecule has 0 spiro atoms. The van der Waals surface area contributed by atoms with Crippen LogP contribution in [0.3, 0.4) is 0 Å². The minimum atomic E-state index is -3.03. The number of para-hydroxylation sites is 1. The van der Waals surface area contributed by atoms with Crippen molar-refractivity contribution in [2.24, 2.45) is 4.99 Å². The third-order valence-corrected chi connectivity index (χ3v) is 4.19. The van der Waals surface area contributed by atoms with Gasteiger partial charge in [0.1, 0.15) is 5.75 Å². The van der Waals surface area contributed by atoms with Crippen molar-refractivity contribution < 1.29 is 32.6 Å². The molecule has 0 bridgehead atoms. The van der Waals surface area contributed by atoms with Crippen LogP contribution in [0.5, 0.6) is 5.75 Å². The second kappa shape index (κ2) is 8.26. The molecule has 0 radical (unpaired) electrons. The molecule has 0 aliphatic carbocycles. The summed E-state index contributed by atoms with van der Waals surface area (Å²) in [5.74, 6) is -1.54. The van der Waals surface area contributed by atoms with Gasteiger partial charge >= 0.3 is 18.6 Å². The zero-order valence-corrected chi connectivity index (χ0v) is 15.9. The molecule has 0 amide bonds. The third kappa shape index (κ3) is 4.18. The highest BCUT2D eigenvalue weighted by Crippen LogP contribution is 2.27. The number of ether oxygens (including phenoxy) is 3. The molecular weight excluding hydrogens is 386 g/mol. The van der Waals surface area contributed by atoms with Gasteiger partial charge in [0.2, 0.25) is 5.90 Å². The van der Waals surface area contributed by atoms with E-state index in [-0.39, 0.29) is 29.5 Å². The number of aromatic nitrogens is 1. The SMILES string of the molecule is CCOC(=O)c1c(C)[nH]c(/C=C2\N=C(c3ccccc3OC(F)F)OC2=O)c1C. The van der Waals surface area contributed by atoms with Crippen LogP contribution in [0.15, 0.2) is 35.0 Å². The lowest BCUT2D eigenvalue weighted by atomic mass is 10.1. The Hall–Kier alpha value is -3.49. The number of hydrogen-bond donors (Lipinski definition) is 1. The molecule has 29 heavy (non-hydrogen) atoms. The molecular formula is C20H18F2N2O5. The number of hydrogen-bond acceptors (Lipinski definition) is 6. The average molecular weight is 404 g/mol. The van der Waals surface area contributed by atoms with Crippen molar-refractivity contribution in [2.75, 3.05) is 6.61 Å². The standard InChI is InChI=1S/C20H18F2N2O5/c1-4-27-19(26)16-10(2)13(23-11(16)3)9-14-18(25)29-17(24-14)12-7-5-6-8-15(12)28-20(21)22/h5-9,20,23H,4H2,1-3H3/b14-9-. The number of aromatic amines is 1. The van der Waals surface area contributed by atoms with E-state index < -0.39 is 18.6 Å². The number of aliphatic imine (C=N–C) groups is 1. The van der Waals surface area contributed by atoms with Crippen LogP contribution in [0.2, 0.25) is 0 Å². The molecule has 1 aromatic heterocycles. The minimum absolute atomic E-state index is 0.0494. The van der Waals surface area contributed by atoms with E-state index in [9.17, 15) is 18.4 Å². The smallest absolute Gasteiger partial charge is 0.387 e. The van der Waals surface area contributed by atoms with E-state index in [1.54, 1.807) is 26.8 Å². The first-order chi connectivity index (χ1) is 13.8. The van der Waals surface area contributed by atoms with Crippen LogP contribution in [0.25, 0.3) is 6.08 Å². The monoisotopic (exact) mass is 404 g/mol. The molecule has 0 unspecified atom stereocenters. The zero-order valence-electron chi connectivity index (χ0n) is 15.9. The Morgan fingerprint density at radius 1 is 1.31 bits per heavy atom. The number of nitrogens with zero attached hydrogens (tertiary/aromatic N) is 1. The normalized spacial score (nSPS) is 14.9. The number of H-pyrrole nitrogens is 1. The second-order valence-corrected chi connectivity index (χ2v) is 6.09. The Morgan fingerprint density at radius 2 is 2.03 bits per heavy atom. The van der Waals surface area contributed by atoms with Crippen molar-refractivity contribution in [3.05, 3.63) is 58.0 Å². The van der Waals surface area contributed by atoms with Gasteiger partial charge in [0, 0.05) is 11.4 Å². The van der Waals surface area contributed by atoms with Crippen LogP contribution >= 0.6 is 0 Å². The van der Waals surface area contributed by atoms with Gasteiger partial charge in [-0.25, -0.2) is 14.6 Å². The molecule has 7 nitrogen and oxygen atoms in total. The van der Waals surface area contributed by atoms with Crippen molar-refractivity contribution >= 4 is 23.9 Å². The van der Waals surface area contributed by atoms with E-state index in [1.165, 1.54) is 24.3 Å². The lowest BCUT2D eigenvalue weighted by Crippen LogP contribution is -2.10. The second-order valence-electron chi connectivity index (χ2n) is 6.09. The van der Waals surface area contributed by atoms with Crippen LogP contribution in [0.1, 0.15) is 39.8 Å². The summed E-state index contributed by atoms with van der Waals surface area (Å²) in [6, 6.07) is 5.87. The molecule has 0 saturated heterocycles. The molecule has 3 rings (SSSR count). The summed E-state index contributed by atoms with van der Waals surface area (Å²) in [6.45, 7) is 2.33. The summed E-state index contributed by atoms with van der Waals surface area (Å²) >= 11 is 0. The van der Waals surface area contributed by atoms with Gasteiger partial charge in [-0.15, -0.1) is 0 Å². The fraction of sp³-hybridized carbons (Fsp3) is 0.250. The highest BCUT2D eigenvalue weighted by atomic mass is 19.3. The molecule has 2 heterocycles. The van der Waals surface area contributed by atoms with E-state index in [0.29, 0.717) is 22.5 Å². The maximum Gasteiger partial charge on any atom is 0.387 e. The Kier molecular flexibility index (Phi) is 5.76. The molecule has 9 heteroatoms. The van der Waals surface area contributed by atoms with E-state index in [2.05, 4.69) is 14.7 Å². The van der Waals surface area contributed by atoms with Crippen LogP contribution in [0, 0.1) is 13.8 Å². The largest absolute Gasteiger partial charge is 0.462 e. The Bertz CT molecular complexity index is 1020. The Balaban J connectivity index is 1.97. The number of cyclic esters (lactones) is 1. The number of carbonyl (C=O) groups is 2. The van der Waals surface area contributed by atoms with Crippen molar-refractivity contribution in [2.45, 2.75) is 27.4 Å². The molecule has 0 saturated carbocycles. The fourth-order valence-corrected chi connectivity index (χ4v) is 2.93. The third-order valence-electron chi connectivity index (χ3n) is 4.19. The minimum Gasteiger partial charge on any atom is -0.462 e. The van der Waals surface area contributed by atoms with Gasteiger partial charge in [-0.2, -0.15) is 8.78 Å². The first-order valence-electron chi connectivity index (χ1n) is 8.74. The highest BCUT2D eigenvalue weighted by Gasteiger charge is 2.28. The van der Waals surface area contributed by atoms with Crippen LogP contribution in [0.4, 0.5) is 8.78 Å². The van der Waals surface area contributed by atoms with Crippen molar-refractivity contribution in [1.82, 2.24) is 4.98 Å². The predicted octanol–water partition coefficient (Wildman–Crippen LogP) is 3.75. The summed E-state index contributed by atoms with van der Waals surface area (Å²) in [5.41, 5.74) is 2.11. The molecule has 2 aromatic rings. The lowest BCUT2D eigenvalue weighted by molar-refractivity contribution is -0.129. The van der Waals surface area contributed by atoms with Gasteiger partial charge in [-0.3, -0.25) is 0 Å². The maximum absolute atomic E-state index is 12.6. The number of aryl methyl sites for hydroxylation is 1. The summed E-state index contributed by atoms with van der Waals surface area (Å²) < 4.78 is 39.8. The summed E-state index contributed by atoms with van der Waals surface area (Å²) in [6.07, 6.45) is 1.43. The molecule has 1 N–H and O–H groups in total. The number of esters is 2. The number of benzene rings is 1. The molecule has 1 aliphatic rings. The highest BCUT2D eigenvalue weighted by molar-refractivity contribution is 6.13. The number of rotatable bonds is 6. The molecule has 1 aromatic carbocycles. The molecule has 152 valence electrons. The van der Waals surface area contributed by atoms with Crippen LogP contribution < -0.4 is 4.74 Å². The molecule has 1 aliphatic heterocycles. The first kappa shape index (κ1) is 20.2. The number of alkyl halides is 2. The van der Waals surface area contributed by atoms with E-state index in [0.717, 1.165) is 0 Å². The van der Waals surface area contributed by atoms with Gasteiger partial charge in [-0.1, -0.05) is 12.1 Å². The number of halogens is 2. The Morgan fingerprint density at radius 3 is 2.72 bits per heavy atom. The van der Waals surface area contributed by atoms with E-state index >= 15 is 0 Å². The summed E-state index contributed by atoms with van der Waals surface area (Å²) in [5, 5.41) is 0. The van der Waals surface area contributed by atoms with E-state index in [1.807, 2.05) is 0 Å². The van der Waals surface area contributed by atoms with Crippen LogP contribution in [-0.4, -0.2) is 36.0 Å². The van der Waals surface area contributed by atoms with Crippen molar-refractivity contribution in [3.63, 3.8) is 0 Å². The number of nitrogens with one attached hydrogen (secondary N) is 1.